The first-order valence-electron chi connectivity index (χ1n) is 22.7. The quantitative estimate of drug-likeness (QED) is 0.0218. The summed E-state index contributed by atoms with van der Waals surface area (Å²) in [4.78, 5) is 35.4. The Bertz CT molecular complexity index is 3170. The molecular formula is C61H56O14. The number of rotatable bonds is 18. The van der Waals surface area contributed by atoms with Gasteiger partial charge in [-0.15, -0.1) is 0 Å². The maximum absolute atomic E-state index is 11.9. The van der Waals surface area contributed by atoms with E-state index in [1.54, 1.807) is 103 Å². The highest BCUT2D eigenvalue weighted by molar-refractivity contribution is 6.03. The lowest BCUT2D eigenvalue weighted by Crippen LogP contribution is -1.89. The normalized spacial score (nSPS) is 12.1. The third-order valence-electron chi connectivity index (χ3n) is 10.1. The number of aryl methyl sites for hydroxylation is 1. The van der Waals surface area contributed by atoms with E-state index in [0.717, 1.165) is 40.5 Å². The zero-order valence-electron chi connectivity index (χ0n) is 40.8. The van der Waals surface area contributed by atoms with Gasteiger partial charge >= 0.3 is 0 Å². The molecule has 6 aromatic carbocycles. The standard InChI is InChI=1S/C21H20O6.C20H18O5.C20H18O3/c1-27-21-11-15(5-9-20(21)26)3-7-18(24)12-17(23)6-2-14-4-8-19(25)16(10-14)13-22;21-13-16-11-15(5-10-20(16)25)4-9-19(24)12-18(23)8-3-14-1-6-17(22)7-2-14;1-15-2-4-16(5-3-15)8-12-19(22)14-20(23)13-9-17-6-10-18(21)11-7-17/h2-12,22-23,25-26H,13H2,1H3;1-12,21-22,24-25H,13H2;2-14,21,23H,1H3/b6-2+,7-3+,17-12?;8-3+,9-4+,19-12?;12-8+,13-9+,20-14?. The molecule has 0 aliphatic heterocycles. The van der Waals surface area contributed by atoms with Crippen molar-refractivity contribution in [2.75, 3.05) is 7.11 Å². The van der Waals surface area contributed by atoms with Crippen molar-refractivity contribution in [1.29, 1.82) is 0 Å². The minimum atomic E-state index is -0.425. The second-order valence-electron chi connectivity index (χ2n) is 16.0. The first kappa shape index (κ1) is 57.7. The van der Waals surface area contributed by atoms with Crippen LogP contribution >= 0.6 is 0 Å². The number of ketones is 3. The van der Waals surface area contributed by atoms with Crippen LogP contribution in [0.5, 0.6) is 34.5 Å². The van der Waals surface area contributed by atoms with Crippen LogP contribution in [-0.4, -0.2) is 75.5 Å². The lowest BCUT2D eigenvalue weighted by Gasteiger charge is -2.03. The van der Waals surface area contributed by atoms with Crippen molar-refractivity contribution in [3.8, 4) is 34.5 Å². The molecule has 14 nitrogen and oxygen atoms in total. The lowest BCUT2D eigenvalue weighted by atomic mass is 10.1. The number of phenols is 5. The van der Waals surface area contributed by atoms with Gasteiger partial charge in [0.2, 0.25) is 0 Å². The Kier molecular flexibility index (Phi) is 23.1. The highest BCUT2D eigenvalue weighted by atomic mass is 16.5. The molecule has 0 atom stereocenters. The molecule has 0 radical (unpaired) electrons. The van der Waals surface area contributed by atoms with Gasteiger partial charge < -0.3 is 55.8 Å². The highest BCUT2D eigenvalue weighted by Gasteiger charge is 2.04. The van der Waals surface area contributed by atoms with Gasteiger partial charge in [-0.1, -0.05) is 109 Å². The van der Waals surface area contributed by atoms with Crippen LogP contribution in [0.15, 0.2) is 199 Å². The molecular weight excluding hydrogens is 957 g/mol. The average Bonchev–Trinajstić information content (AvgIpc) is 3.40. The number of benzene rings is 6. The van der Waals surface area contributed by atoms with Gasteiger partial charge in [0.05, 0.1) is 20.3 Å². The van der Waals surface area contributed by atoms with Gasteiger partial charge in [0.15, 0.2) is 28.8 Å². The van der Waals surface area contributed by atoms with Crippen molar-refractivity contribution < 1.29 is 70.2 Å². The second-order valence-corrected chi connectivity index (χ2v) is 16.0. The number of phenolic OH excluding ortho intramolecular Hbond substituents is 3. The molecule has 0 unspecified atom stereocenters. The Balaban J connectivity index is 0.000000244. The summed E-state index contributed by atoms with van der Waals surface area (Å²) in [6.45, 7) is 1.40. The molecule has 10 N–H and O–H groups in total. The Morgan fingerprint density at radius 3 is 1.05 bits per heavy atom. The van der Waals surface area contributed by atoms with Crippen LogP contribution in [0.25, 0.3) is 36.5 Å². The minimum absolute atomic E-state index is 0.00207. The summed E-state index contributed by atoms with van der Waals surface area (Å²) < 4.78 is 4.99. The first-order valence-corrected chi connectivity index (χ1v) is 22.7. The van der Waals surface area contributed by atoms with Gasteiger partial charge in [-0.2, -0.15) is 0 Å². The van der Waals surface area contributed by atoms with Gasteiger partial charge in [-0.3, -0.25) is 14.4 Å². The van der Waals surface area contributed by atoms with E-state index in [1.165, 1.54) is 80.0 Å². The first-order chi connectivity index (χ1) is 35.9. The number of carbonyl (C=O) groups is 3. The summed E-state index contributed by atoms with van der Waals surface area (Å²) in [5, 5.41) is 94.5. The number of aliphatic hydroxyl groups excluding tert-OH is 5. The summed E-state index contributed by atoms with van der Waals surface area (Å²) in [7, 11) is 1.43. The molecule has 0 fully saturated rings. The summed E-state index contributed by atoms with van der Waals surface area (Å²) in [6.07, 6.45) is 21.0. The Morgan fingerprint density at radius 1 is 0.400 bits per heavy atom. The van der Waals surface area contributed by atoms with Gasteiger partial charge in [-0.05, 0) is 137 Å². The molecule has 0 amide bonds. The van der Waals surface area contributed by atoms with Crippen molar-refractivity contribution in [2.24, 2.45) is 0 Å². The van der Waals surface area contributed by atoms with E-state index in [-0.39, 0.29) is 65.0 Å². The zero-order chi connectivity index (χ0) is 54.7. The molecule has 384 valence electrons. The molecule has 0 heterocycles. The van der Waals surface area contributed by atoms with E-state index >= 15 is 0 Å². The number of aromatic hydroxyl groups is 5. The molecule has 6 aromatic rings. The van der Waals surface area contributed by atoms with Gasteiger partial charge in [0.1, 0.15) is 40.3 Å². The molecule has 6 rings (SSSR count). The van der Waals surface area contributed by atoms with Crippen LogP contribution < -0.4 is 4.74 Å². The molecule has 0 spiro atoms. The fourth-order valence-corrected chi connectivity index (χ4v) is 6.12. The molecule has 0 saturated heterocycles. The van der Waals surface area contributed by atoms with Gasteiger partial charge in [-0.25, -0.2) is 0 Å². The van der Waals surface area contributed by atoms with Crippen LogP contribution in [-0.2, 0) is 27.6 Å². The van der Waals surface area contributed by atoms with Crippen LogP contribution in [0.3, 0.4) is 0 Å². The number of ether oxygens (including phenoxy) is 1. The van der Waals surface area contributed by atoms with Crippen LogP contribution in [0, 0.1) is 6.92 Å². The summed E-state index contributed by atoms with van der Waals surface area (Å²) >= 11 is 0. The minimum Gasteiger partial charge on any atom is -0.508 e. The van der Waals surface area contributed by atoms with E-state index in [2.05, 4.69) is 0 Å². The fourth-order valence-electron chi connectivity index (χ4n) is 6.12. The maximum Gasteiger partial charge on any atom is 0.182 e. The maximum atomic E-state index is 11.9. The van der Waals surface area contributed by atoms with Crippen molar-refractivity contribution in [3.05, 3.63) is 249 Å². The molecule has 75 heavy (non-hydrogen) atoms. The number of carbonyl (C=O) groups excluding carboxylic acids is 3. The third-order valence-corrected chi connectivity index (χ3v) is 10.1. The van der Waals surface area contributed by atoms with Crippen LogP contribution in [0.1, 0.15) is 50.1 Å². The molecule has 0 aliphatic rings. The molecule has 0 aliphatic carbocycles. The van der Waals surface area contributed by atoms with E-state index in [1.807, 2.05) is 31.2 Å². The average molecular weight is 1010 g/mol. The highest BCUT2D eigenvalue weighted by Crippen LogP contribution is 2.27. The van der Waals surface area contributed by atoms with E-state index in [9.17, 15) is 55.2 Å². The number of hydrogen-bond donors (Lipinski definition) is 10. The topological polar surface area (TPSA) is 263 Å². The lowest BCUT2D eigenvalue weighted by molar-refractivity contribution is -0.111. The summed E-state index contributed by atoms with van der Waals surface area (Å²) in [6, 6.07) is 34.5. The molecule has 0 saturated carbocycles. The van der Waals surface area contributed by atoms with E-state index < -0.39 is 11.6 Å². The smallest absolute Gasteiger partial charge is 0.182 e. The molecule has 0 bridgehead atoms. The third kappa shape index (κ3) is 21.6. The summed E-state index contributed by atoms with van der Waals surface area (Å²) in [5.74, 6) is -1.11. The van der Waals surface area contributed by atoms with Crippen molar-refractivity contribution in [1.82, 2.24) is 0 Å². The van der Waals surface area contributed by atoms with Crippen LogP contribution in [0.2, 0.25) is 0 Å². The number of allylic oxidation sites excluding steroid dienone is 9. The predicted molar refractivity (Wildman–Crippen MR) is 291 cm³/mol. The summed E-state index contributed by atoms with van der Waals surface area (Å²) in [5.41, 5.74) is 6.34. The Morgan fingerprint density at radius 2 is 0.693 bits per heavy atom. The van der Waals surface area contributed by atoms with Crippen molar-refractivity contribution >= 4 is 53.8 Å². The number of hydrogen-bond acceptors (Lipinski definition) is 14. The Hall–Kier alpha value is -9.89. The number of aliphatic hydroxyl groups is 5. The van der Waals surface area contributed by atoms with E-state index in [0.29, 0.717) is 33.6 Å². The molecule has 14 heteroatoms. The van der Waals surface area contributed by atoms with Gasteiger partial charge in [0, 0.05) is 29.4 Å². The van der Waals surface area contributed by atoms with Crippen LogP contribution in [0.4, 0.5) is 0 Å². The zero-order valence-corrected chi connectivity index (χ0v) is 40.8. The monoisotopic (exact) mass is 1010 g/mol. The number of methoxy groups -OCH3 is 1. The Labute approximate surface area is 433 Å². The fraction of sp³-hybridized carbons (Fsp3) is 0.0656. The second kappa shape index (κ2) is 30.1. The van der Waals surface area contributed by atoms with Gasteiger partial charge in [0.25, 0.3) is 0 Å². The van der Waals surface area contributed by atoms with Crippen molar-refractivity contribution in [3.63, 3.8) is 0 Å². The SMILES string of the molecule is COc1cc(/C=C/C(=O)C=C(O)/C=C/c2ccc(O)c(CO)c2)ccc1O.Cc1ccc(/C=C/C(=O)C=C(O)/C=C/c2ccc(O)cc2)cc1.O=C(C=C(O)/C=C/c1ccc(O)c(CO)c1)/C=C/c1ccc(O)cc1. The van der Waals surface area contributed by atoms with E-state index in [4.69, 9.17) is 14.9 Å². The molecule has 0 aromatic heterocycles. The largest absolute Gasteiger partial charge is 0.508 e. The van der Waals surface area contributed by atoms with Crippen molar-refractivity contribution in [2.45, 2.75) is 20.1 Å². The predicted octanol–water partition coefficient (Wildman–Crippen LogP) is 11.1.